The predicted molar refractivity (Wildman–Crippen MR) is 93.8 cm³/mol. The molecule has 9 heteroatoms. The van der Waals surface area contributed by atoms with E-state index in [1.165, 1.54) is 36.0 Å². The first-order valence-corrected chi connectivity index (χ1v) is 8.38. The van der Waals surface area contributed by atoms with Gasteiger partial charge in [-0.1, -0.05) is 18.2 Å². The Hall–Kier alpha value is -2.59. The molecule has 0 amide bonds. The van der Waals surface area contributed by atoms with Crippen molar-refractivity contribution in [1.29, 1.82) is 0 Å². The second kappa shape index (κ2) is 6.24. The fraction of sp³-hybridized carbons (Fsp3) is 0.333. The van der Waals surface area contributed by atoms with Gasteiger partial charge in [0.15, 0.2) is 6.23 Å². The van der Waals surface area contributed by atoms with Crippen LogP contribution in [-0.2, 0) is 10.3 Å². The summed E-state index contributed by atoms with van der Waals surface area (Å²) in [7, 11) is 0. The number of halogens is 1. The predicted octanol–water partition coefficient (Wildman–Crippen LogP) is 0.679. The monoisotopic (exact) mass is 374 g/mol. The average Bonchev–Trinajstić information content (AvgIpc) is 3.18. The highest BCUT2D eigenvalue weighted by atomic mass is 19.1. The zero-order valence-electron chi connectivity index (χ0n) is 14.4. The largest absolute Gasteiger partial charge is 0.387 e. The second-order valence-electron chi connectivity index (χ2n) is 6.77. The van der Waals surface area contributed by atoms with Crippen molar-refractivity contribution in [3.8, 4) is 0 Å². The second-order valence-corrected chi connectivity index (χ2v) is 6.77. The molecule has 8 nitrogen and oxygen atoms in total. The number of anilines is 1. The fourth-order valence-corrected chi connectivity index (χ4v) is 3.57. The van der Waals surface area contributed by atoms with Gasteiger partial charge in [-0.25, -0.2) is 14.4 Å². The first kappa shape index (κ1) is 17.8. The van der Waals surface area contributed by atoms with Gasteiger partial charge in [0, 0.05) is 11.8 Å². The summed E-state index contributed by atoms with van der Waals surface area (Å²) < 4.78 is 21.5. The van der Waals surface area contributed by atoms with Gasteiger partial charge in [0.2, 0.25) is 0 Å². The Morgan fingerprint density at radius 3 is 2.67 bits per heavy atom. The molecule has 3 heterocycles. The summed E-state index contributed by atoms with van der Waals surface area (Å²) >= 11 is 0. The Labute approximate surface area is 153 Å². The average molecular weight is 374 g/mol. The van der Waals surface area contributed by atoms with Gasteiger partial charge in [0.1, 0.15) is 47.5 Å². The van der Waals surface area contributed by atoms with Crippen molar-refractivity contribution < 1.29 is 24.4 Å². The third-order valence-corrected chi connectivity index (χ3v) is 5.03. The number of aliphatic hydroxyl groups is 3. The minimum Gasteiger partial charge on any atom is -0.387 e. The van der Waals surface area contributed by atoms with E-state index in [1.54, 1.807) is 18.3 Å². The van der Waals surface area contributed by atoms with Gasteiger partial charge in [-0.2, -0.15) is 0 Å². The summed E-state index contributed by atoms with van der Waals surface area (Å²) in [6, 6.07) is 7.34. The molecule has 1 aromatic carbocycles. The van der Waals surface area contributed by atoms with E-state index < -0.39 is 36.0 Å². The van der Waals surface area contributed by atoms with Gasteiger partial charge < -0.3 is 30.4 Å². The van der Waals surface area contributed by atoms with Gasteiger partial charge in [-0.15, -0.1) is 0 Å². The van der Waals surface area contributed by atoms with E-state index in [2.05, 4.69) is 9.97 Å². The molecule has 0 spiro atoms. The van der Waals surface area contributed by atoms with Gasteiger partial charge >= 0.3 is 0 Å². The highest BCUT2D eigenvalue weighted by molar-refractivity contribution is 5.86. The van der Waals surface area contributed by atoms with Crippen molar-refractivity contribution in [2.24, 2.45) is 0 Å². The Morgan fingerprint density at radius 2 is 1.93 bits per heavy atom. The molecule has 1 aliphatic heterocycles. The molecule has 5 N–H and O–H groups in total. The minimum absolute atomic E-state index is 0.0363. The number of fused-ring (bicyclic) bond motifs is 1. The van der Waals surface area contributed by atoms with E-state index in [-0.39, 0.29) is 11.4 Å². The van der Waals surface area contributed by atoms with Crippen LogP contribution in [-0.4, -0.2) is 48.2 Å². The summed E-state index contributed by atoms with van der Waals surface area (Å²) in [5.74, 6) is -0.371. The lowest BCUT2D eigenvalue weighted by Gasteiger charge is -2.32. The van der Waals surface area contributed by atoms with E-state index >= 15 is 0 Å². The molecule has 3 aromatic rings. The summed E-state index contributed by atoms with van der Waals surface area (Å²) in [5.41, 5.74) is 4.31. The van der Waals surface area contributed by atoms with Crippen LogP contribution in [0.2, 0.25) is 0 Å². The Balaban J connectivity index is 1.72. The molecule has 0 bridgehead atoms. The molecule has 0 aliphatic carbocycles. The Bertz CT molecular complexity index is 992. The van der Waals surface area contributed by atoms with Crippen LogP contribution < -0.4 is 5.73 Å². The molecular formula is C18H19FN4O4. The summed E-state index contributed by atoms with van der Waals surface area (Å²) in [4.78, 5) is 8.05. The van der Waals surface area contributed by atoms with Gasteiger partial charge in [0.25, 0.3) is 0 Å². The topological polar surface area (TPSA) is 127 Å². The van der Waals surface area contributed by atoms with Gasteiger partial charge in [-0.3, -0.25) is 0 Å². The maximum absolute atomic E-state index is 14.2. The van der Waals surface area contributed by atoms with Crippen molar-refractivity contribution in [3.63, 3.8) is 0 Å². The number of hydrogen-bond donors (Lipinski definition) is 4. The number of rotatable bonds is 3. The van der Waals surface area contributed by atoms with Gasteiger partial charge in [-0.05, 0) is 19.1 Å². The molecule has 142 valence electrons. The van der Waals surface area contributed by atoms with Crippen molar-refractivity contribution in [1.82, 2.24) is 14.5 Å². The third-order valence-electron chi connectivity index (χ3n) is 5.03. The molecule has 2 aromatic heterocycles. The lowest BCUT2D eigenvalue weighted by atomic mass is 9.86. The Morgan fingerprint density at radius 1 is 1.19 bits per heavy atom. The third kappa shape index (κ3) is 2.67. The number of nitrogens with two attached hydrogens (primary N) is 1. The summed E-state index contributed by atoms with van der Waals surface area (Å²) in [6.45, 7) is 1.34. The highest BCUT2D eigenvalue weighted by Gasteiger charge is 2.53. The first-order valence-electron chi connectivity index (χ1n) is 8.38. The molecule has 4 rings (SSSR count). The summed E-state index contributed by atoms with van der Waals surface area (Å²) in [6.07, 6.45) is -2.28. The molecular weight excluding hydrogens is 355 g/mol. The van der Waals surface area contributed by atoms with E-state index in [1.807, 2.05) is 0 Å². The van der Waals surface area contributed by atoms with E-state index in [9.17, 15) is 19.7 Å². The fourth-order valence-electron chi connectivity index (χ4n) is 3.57. The normalized spacial score (nSPS) is 27.7. The van der Waals surface area contributed by atoms with Crippen LogP contribution in [0, 0.1) is 5.82 Å². The van der Waals surface area contributed by atoms with Crippen LogP contribution >= 0.6 is 0 Å². The smallest absolute Gasteiger partial charge is 0.164 e. The van der Waals surface area contributed by atoms with Crippen LogP contribution in [0.15, 0.2) is 42.9 Å². The van der Waals surface area contributed by atoms with E-state index in [0.717, 1.165) is 0 Å². The van der Waals surface area contributed by atoms with E-state index in [4.69, 9.17) is 10.5 Å². The number of aliphatic hydroxyl groups excluding tert-OH is 2. The quantitative estimate of drug-likeness (QED) is 0.531. The van der Waals surface area contributed by atoms with Gasteiger partial charge in [0.05, 0.1) is 5.39 Å². The van der Waals surface area contributed by atoms with Crippen molar-refractivity contribution in [2.75, 3.05) is 5.73 Å². The molecule has 1 unspecified atom stereocenters. The van der Waals surface area contributed by atoms with Crippen molar-refractivity contribution >= 4 is 16.9 Å². The summed E-state index contributed by atoms with van der Waals surface area (Å²) in [5, 5.41) is 32.5. The molecule has 1 aliphatic rings. The van der Waals surface area contributed by atoms with Crippen molar-refractivity contribution in [2.45, 2.75) is 37.1 Å². The van der Waals surface area contributed by atoms with Crippen LogP contribution in [0.4, 0.5) is 10.2 Å². The minimum atomic E-state index is -1.88. The van der Waals surface area contributed by atoms with Crippen LogP contribution in [0.25, 0.3) is 11.0 Å². The molecule has 1 fully saturated rings. The lowest BCUT2D eigenvalue weighted by Crippen LogP contribution is -2.45. The van der Waals surface area contributed by atoms with Crippen LogP contribution in [0.3, 0.4) is 0 Å². The van der Waals surface area contributed by atoms with E-state index in [0.29, 0.717) is 11.0 Å². The number of benzene rings is 1. The first-order chi connectivity index (χ1) is 12.8. The molecule has 5 atom stereocenters. The maximum Gasteiger partial charge on any atom is 0.164 e. The number of hydrogen-bond acceptors (Lipinski definition) is 7. The number of aromatic nitrogens is 3. The molecule has 0 radical (unpaired) electrons. The van der Waals surface area contributed by atoms with Crippen molar-refractivity contribution in [3.05, 3.63) is 54.2 Å². The van der Waals surface area contributed by atoms with Crippen LogP contribution in [0.1, 0.15) is 18.7 Å². The number of ether oxygens (including phenoxy) is 1. The highest BCUT2D eigenvalue weighted by Crippen LogP contribution is 2.41. The lowest BCUT2D eigenvalue weighted by molar-refractivity contribution is -0.137. The standard InChI is InChI=1S/C18H19FN4O4/c1-18(26,10-4-2-3-5-11(10)19)14-12(24)13(25)17(27-14)23-7-6-9-15(20)21-8-22-16(9)23/h2-8,12-14,17,24-26H,1H3,(H2,20,21,22)/t12-,13+,14-,17+,18?/m0/s1. The maximum atomic E-state index is 14.2. The zero-order valence-corrected chi connectivity index (χ0v) is 14.4. The Kier molecular flexibility index (Phi) is 4.11. The van der Waals surface area contributed by atoms with Crippen LogP contribution in [0.5, 0.6) is 0 Å². The molecule has 27 heavy (non-hydrogen) atoms. The molecule has 0 saturated carbocycles. The molecule has 1 saturated heterocycles. The number of nitrogen functional groups attached to an aromatic ring is 1. The number of nitrogens with zero attached hydrogens (tertiary/aromatic N) is 3. The zero-order chi connectivity index (χ0) is 19.3. The SMILES string of the molecule is CC(O)(c1ccccc1F)[C@H]1O[C@@H](n2ccc3c(N)ncnc32)[C@H](O)[C@@H]1O.